The van der Waals surface area contributed by atoms with Gasteiger partial charge in [-0.2, -0.15) is 0 Å². The first-order valence-electron chi connectivity index (χ1n) is 9.43. The molecule has 7 nitrogen and oxygen atoms in total. The summed E-state index contributed by atoms with van der Waals surface area (Å²) in [5.41, 5.74) is 3.49. The van der Waals surface area contributed by atoms with Gasteiger partial charge in [-0.1, -0.05) is 6.07 Å². The van der Waals surface area contributed by atoms with Crippen molar-refractivity contribution in [2.75, 3.05) is 7.05 Å². The molecule has 0 aliphatic carbocycles. The van der Waals surface area contributed by atoms with Gasteiger partial charge in [-0.15, -0.1) is 0 Å². The molecular formula is C22H24N4O3S. The summed E-state index contributed by atoms with van der Waals surface area (Å²) in [4.78, 5) is 23.4. The summed E-state index contributed by atoms with van der Waals surface area (Å²) in [6.45, 7) is 4.24. The number of nitrogens with zero attached hydrogens (tertiary/aromatic N) is 3. The lowest BCUT2D eigenvalue weighted by Gasteiger charge is -2.24. The Hall–Kier alpha value is -3.10. The lowest BCUT2D eigenvalue weighted by molar-refractivity contribution is 0.0729. The Kier molecular flexibility index (Phi) is 6.59. The van der Waals surface area contributed by atoms with Crippen LogP contribution >= 0.6 is 0 Å². The van der Waals surface area contributed by atoms with E-state index in [0.29, 0.717) is 24.2 Å². The van der Waals surface area contributed by atoms with Crippen molar-refractivity contribution in [1.29, 1.82) is 0 Å². The average molecular weight is 425 g/mol. The highest BCUT2D eigenvalue weighted by Crippen LogP contribution is 2.23. The Morgan fingerprint density at radius 1 is 1.00 bits per heavy atom. The molecule has 0 aliphatic heterocycles. The summed E-state index contributed by atoms with van der Waals surface area (Å²) >= 11 is 0. The molecule has 1 aromatic carbocycles. The van der Waals surface area contributed by atoms with Gasteiger partial charge in [-0.05, 0) is 73.5 Å². The van der Waals surface area contributed by atoms with Crippen LogP contribution in [0.5, 0.6) is 0 Å². The van der Waals surface area contributed by atoms with E-state index in [1.807, 2.05) is 24.3 Å². The van der Waals surface area contributed by atoms with Gasteiger partial charge >= 0.3 is 0 Å². The highest BCUT2D eigenvalue weighted by molar-refractivity contribution is 7.89. The summed E-state index contributed by atoms with van der Waals surface area (Å²) in [6, 6.07) is 10.6. The third-order valence-corrected chi connectivity index (χ3v) is 6.47. The van der Waals surface area contributed by atoms with Crippen LogP contribution in [0.2, 0.25) is 0 Å². The smallest absolute Gasteiger partial charge is 0.254 e. The summed E-state index contributed by atoms with van der Waals surface area (Å²) < 4.78 is 27.2. The lowest BCUT2D eigenvalue weighted by atomic mass is 10.0. The van der Waals surface area contributed by atoms with Crippen LogP contribution in [0.25, 0.3) is 0 Å². The standard InChI is InChI=1S/C22H24N4O3S/c1-16-11-20(12-21(17(16)2)30(28,29)23-3)22(27)26(14-18-6-9-24-10-7-18)15-19-5-4-8-25-13-19/h4-13,23H,14-15H2,1-3H3. The van der Waals surface area contributed by atoms with Crippen LogP contribution in [0.15, 0.2) is 66.1 Å². The molecule has 0 saturated heterocycles. The van der Waals surface area contributed by atoms with Crippen molar-refractivity contribution in [3.63, 3.8) is 0 Å². The average Bonchev–Trinajstić information content (AvgIpc) is 2.76. The van der Waals surface area contributed by atoms with Crippen molar-refractivity contribution in [3.8, 4) is 0 Å². The Morgan fingerprint density at radius 2 is 1.70 bits per heavy atom. The first-order chi connectivity index (χ1) is 14.3. The third kappa shape index (κ3) is 4.90. The van der Waals surface area contributed by atoms with Crippen LogP contribution in [0.3, 0.4) is 0 Å². The monoisotopic (exact) mass is 424 g/mol. The largest absolute Gasteiger partial charge is 0.330 e. The number of nitrogens with one attached hydrogen (secondary N) is 1. The topological polar surface area (TPSA) is 92.3 Å². The van der Waals surface area contributed by atoms with Gasteiger partial charge in [0.25, 0.3) is 5.91 Å². The number of sulfonamides is 1. The Bertz CT molecular complexity index is 1090. The molecule has 0 radical (unpaired) electrons. The minimum Gasteiger partial charge on any atom is -0.330 e. The van der Waals surface area contributed by atoms with E-state index in [1.165, 1.54) is 13.1 Å². The van der Waals surface area contributed by atoms with E-state index in [0.717, 1.165) is 16.7 Å². The molecule has 1 N–H and O–H groups in total. The highest BCUT2D eigenvalue weighted by Gasteiger charge is 2.23. The summed E-state index contributed by atoms with van der Waals surface area (Å²) in [6.07, 6.45) is 6.74. The van der Waals surface area contributed by atoms with Crippen molar-refractivity contribution in [3.05, 3.63) is 89.0 Å². The number of hydrogen-bond acceptors (Lipinski definition) is 5. The minimum absolute atomic E-state index is 0.110. The summed E-state index contributed by atoms with van der Waals surface area (Å²) in [5.74, 6) is -0.258. The molecule has 156 valence electrons. The molecule has 0 spiro atoms. The van der Waals surface area contributed by atoms with Crippen molar-refractivity contribution in [2.24, 2.45) is 0 Å². The molecule has 1 amide bonds. The molecule has 30 heavy (non-hydrogen) atoms. The van der Waals surface area contributed by atoms with Crippen molar-refractivity contribution < 1.29 is 13.2 Å². The Balaban J connectivity index is 2.02. The SMILES string of the molecule is CNS(=O)(=O)c1cc(C(=O)N(Cc2ccncc2)Cc2cccnc2)cc(C)c1C. The van der Waals surface area contributed by atoms with Gasteiger partial charge in [0, 0.05) is 43.4 Å². The zero-order valence-electron chi connectivity index (χ0n) is 17.2. The van der Waals surface area contributed by atoms with E-state index >= 15 is 0 Å². The fourth-order valence-corrected chi connectivity index (χ4v) is 4.21. The first-order valence-corrected chi connectivity index (χ1v) is 10.9. The maximum Gasteiger partial charge on any atom is 0.254 e. The number of benzene rings is 1. The first kappa shape index (κ1) is 21.6. The van der Waals surface area contributed by atoms with Gasteiger partial charge in [0.05, 0.1) is 4.90 Å². The van der Waals surface area contributed by atoms with E-state index in [9.17, 15) is 13.2 Å². The minimum atomic E-state index is -3.69. The molecule has 2 aromatic heterocycles. The normalized spacial score (nSPS) is 11.3. The number of amides is 1. The van der Waals surface area contributed by atoms with Gasteiger partial charge in [0.1, 0.15) is 0 Å². The van der Waals surface area contributed by atoms with Gasteiger partial charge in [0.15, 0.2) is 0 Å². The third-order valence-electron chi connectivity index (χ3n) is 4.93. The van der Waals surface area contributed by atoms with Crippen molar-refractivity contribution in [2.45, 2.75) is 31.8 Å². The number of hydrogen-bond donors (Lipinski definition) is 1. The molecular weight excluding hydrogens is 400 g/mol. The van der Waals surface area contributed by atoms with Crippen molar-refractivity contribution >= 4 is 15.9 Å². The van der Waals surface area contributed by atoms with Crippen LogP contribution in [-0.4, -0.2) is 36.2 Å². The van der Waals surface area contributed by atoms with Gasteiger partial charge in [-0.3, -0.25) is 14.8 Å². The molecule has 0 bridgehead atoms. The number of aryl methyl sites for hydroxylation is 1. The maximum atomic E-state index is 13.5. The molecule has 0 atom stereocenters. The highest BCUT2D eigenvalue weighted by atomic mass is 32.2. The van der Waals surface area contributed by atoms with Gasteiger partial charge in [-0.25, -0.2) is 13.1 Å². The number of pyridine rings is 2. The quantitative estimate of drug-likeness (QED) is 0.630. The van der Waals surface area contributed by atoms with Gasteiger partial charge in [0.2, 0.25) is 10.0 Å². The number of aromatic nitrogens is 2. The van der Waals surface area contributed by atoms with E-state index in [4.69, 9.17) is 0 Å². The predicted molar refractivity (Wildman–Crippen MR) is 114 cm³/mol. The number of carbonyl (C=O) groups excluding carboxylic acids is 1. The van der Waals surface area contributed by atoms with Crippen LogP contribution in [-0.2, 0) is 23.1 Å². The zero-order valence-corrected chi connectivity index (χ0v) is 18.0. The van der Waals surface area contributed by atoms with Gasteiger partial charge < -0.3 is 4.90 Å². The summed E-state index contributed by atoms with van der Waals surface area (Å²) in [5, 5.41) is 0. The molecule has 0 saturated carbocycles. The number of carbonyl (C=O) groups is 1. The van der Waals surface area contributed by atoms with Crippen LogP contribution in [0.4, 0.5) is 0 Å². The van der Waals surface area contributed by atoms with Crippen LogP contribution < -0.4 is 4.72 Å². The van der Waals surface area contributed by atoms with Crippen molar-refractivity contribution in [1.82, 2.24) is 19.6 Å². The molecule has 3 aromatic rings. The van der Waals surface area contributed by atoms with Crippen LogP contribution in [0, 0.1) is 13.8 Å². The van der Waals surface area contributed by atoms with E-state index in [2.05, 4.69) is 14.7 Å². The molecule has 0 fully saturated rings. The lowest BCUT2D eigenvalue weighted by Crippen LogP contribution is -2.31. The predicted octanol–water partition coefficient (Wildman–Crippen LogP) is 2.84. The molecule has 0 aliphatic rings. The number of rotatable bonds is 7. The molecule has 0 unspecified atom stereocenters. The molecule has 2 heterocycles. The van der Waals surface area contributed by atoms with E-state index < -0.39 is 10.0 Å². The maximum absolute atomic E-state index is 13.5. The molecule has 8 heteroatoms. The molecule has 3 rings (SSSR count). The second-order valence-electron chi connectivity index (χ2n) is 7.00. The van der Waals surface area contributed by atoms with E-state index in [-0.39, 0.29) is 10.8 Å². The van der Waals surface area contributed by atoms with E-state index in [1.54, 1.807) is 49.6 Å². The Labute approximate surface area is 176 Å². The Morgan fingerprint density at radius 3 is 2.33 bits per heavy atom. The fourth-order valence-electron chi connectivity index (χ4n) is 3.14. The second-order valence-corrected chi connectivity index (χ2v) is 8.86. The fraction of sp³-hybridized carbons (Fsp3) is 0.227. The summed E-state index contributed by atoms with van der Waals surface area (Å²) in [7, 11) is -2.33. The second kappa shape index (κ2) is 9.15. The zero-order chi connectivity index (χ0) is 21.7. The van der Waals surface area contributed by atoms with Crippen LogP contribution in [0.1, 0.15) is 32.6 Å².